The van der Waals surface area contributed by atoms with Crippen molar-refractivity contribution in [2.75, 3.05) is 33.3 Å². The van der Waals surface area contributed by atoms with Gasteiger partial charge in [0.25, 0.3) is 0 Å². The molecule has 3 nitrogen and oxygen atoms in total. The minimum atomic E-state index is 0.383. The van der Waals surface area contributed by atoms with Crippen LogP contribution in [0.5, 0.6) is 0 Å². The number of rotatable bonds is 7. The van der Waals surface area contributed by atoms with Crippen molar-refractivity contribution in [1.29, 1.82) is 0 Å². The van der Waals surface area contributed by atoms with Gasteiger partial charge in [-0.1, -0.05) is 30.7 Å². The lowest BCUT2D eigenvalue weighted by Gasteiger charge is -2.32. The SMILES string of the molecule is CCNC(CCN1CCC(OC)CC1)c1cccc(Cl)c1. The van der Waals surface area contributed by atoms with Crippen molar-refractivity contribution in [3.05, 3.63) is 34.9 Å². The van der Waals surface area contributed by atoms with E-state index in [0.717, 1.165) is 50.5 Å². The normalized spacial score (nSPS) is 18.8. The zero-order valence-corrected chi connectivity index (χ0v) is 13.9. The van der Waals surface area contributed by atoms with Crippen LogP contribution in [0.3, 0.4) is 0 Å². The summed E-state index contributed by atoms with van der Waals surface area (Å²) in [6, 6.07) is 8.59. The van der Waals surface area contributed by atoms with Gasteiger partial charge in [-0.15, -0.1) is 0 Å². The molecule has 1 unspecified atom stereocenters. The van der Waals surface area contributed by atoms with Crippen LogP contribution in [0.15, 0.2) is 24.3 Å². The highest BCUT2D eigenvalue weighted by Crippen LogP contribution is 2.22. The molecular weight excluding hydrogens is 284 g/mol. The van der Waals surface area contributed by atoms with Gasteiger partial charge in [0.2, 0.25) is 0 Å². The fourth-order valence-corrected chi connectivity index (χ4v) is 3.24. The molecule has 1 fully saturated rings. The lowest BCUT2D eigenvalue weighted by Crippen LogP contribution is -2.38. The zero-order chi connectivity index (χ0) is 15.1. The Balaban J connectivity index is 1.86. The van der Waals surface area contributed by atoms with Crippen LogP contribution >= 0.6 is 11.6 Å². The van der Waals surface area contributed by atoms with Gasteiger partial charge in [-0.3, -0.25) is 0 Å². The second-order valence-electron chi connectivity index (χ2n) is 5.73. The molecule has 1 aromatic carbocycles. The smallest absolute Gasteiger partial charge is 0.0595 e. The first-order valence-electron chi connectivity index (χ1n) is 7.97. The van der Waals surface area contributed by atoms with Crippen LogP contribution in [0.25, 0.3) is 0 Å². The Labute approximate surface area is 133 Å². The first kappa shape index (κ1) is 16.8. The second-order valence-corrected chi connectivity index (χ2v) is 6.17. The third-order valence-electron chi connectivity index (χ3n) is 4.30. The fourth-order valence-electron chi connectivity index (χ4n) is 3.04. The summed E-state index contributed by atoms with van der Waals surface area (Å²) in [6.45, 7) is 6.55. The topological polar surface area (TPSA) is 24.5 Å². The molecule has 0 saturated carbocycles. The molecule has 1 aliphatic heterocycles. The largest absolute Gasteiger partial charge is 0.381 e. The first-order valence-corrected chi connectivity index (χ1v) is 8.34. The van der Waals surface area contributed by atoms with Crippen molar-refractivity contribution in [3.8, 4) is 0 Å². The van der Waals surface area contributed by atoms with Crippen molar-refractivity contribution in [1.82, 2.24) is 10.2 Å². The molecule has 2 rings (SSSR count). The molecular formula is C17H27ClN2O. The summed E-state index contributed by atoms with van der Waals surface area (Å²) in [7, 11) is 1.82. The Kier molecular flexibility index (Phi) is 6.97. The van der Waals surface area contributed by atoms with Gasteiger partial charge in [-0.2, -0.15) is 0 Å². The Bertz CT molecular complexity index is 419. The van der Waals surface area contributed by atoms with Crippen LogP contribution in [0.4, 0.5) is 0 Å². The van der Waals surface area contributed by atoms with E-state index in [1.807, 2.05) is 19.2 Å². The van der Waals surface area contributed by atoms with Gasteiger partial charge in [-0.05, 0) is 50.0 Å². The highest BCUT2D eigenvalue weighted by Gasteiger charge is 2.19. The summed E-state index contributed by atoms with van der Waals surface area (Å²) in [6.07, 6.45) is 3.88. The van der Waals surface area contributed by atoms with Crippen molar-refractivity contribution >= 4 is 11.6 Å². The highest BCUT2D eigenvalue weighted by molar-refractivity contribution is 6.30. The van der Waals surface area contributed by atoms with Crippen molar-refractivity contribution < 1.29 is 4.74 Å². The Morgan fingerprint density at radius 3 is 2.76 bits per heavy atom. The van der Waals surface area contributed by atoms with Crippen LogP contribution in [0.2, 0.25) is 5.02 Å². The standard InChI is InChI=1S/C17H27ClN2O/c1-3-19-17(14-5-4-6-15(18)13-14)9-12-20-10-7-16(21-2)8-11-20/h4-6,13,16-17,19H,3,7-12H2,1-2H3. The molecule has 21 heavy (non-hydrogen) atoms. The van der Waals surface area contributed by atoms with E-state index in [1.165, 1.54) is 5.56 Å². The molecule has 1 atom stereocenters. The number of ether oxygens (including phenoxy) is 1. The minimum absolute atomic E-state index is 0.383. The molecule has 1 saturated heterocycles. The quantitative estimate of drug-likeness (QED) is 0.834. The van der Waals surface area contributed by atoms with Crippen LogP contribution < -0.4 is 5.32 Å². The Morgan fingerprint density at radius 2 is 2.14 bits per heavy atom. The molecule has 0 aliphatic carbocycles. The monoisotopic (exact) mass is 310 g/mol. The maximum Gasteiger partial charge on any atom is 0.0595 e. The number of nitrogens with zero attached hydrogens (tertiary/aromatic N) is 1. The Morgan fingerprint density at radius 1 is 1.38 bits per heavy atom. The molecule has 1 N–H and O–H groups in total. The van der Waals surface area contributed by atoms with Crippen LogP contribution in [0.1, 0.15) is 37.8 Å². The van der Waals surface area contributed by atoms with Crippen molar-refractivity contribution in [2.24, 2.45) is 0 Å². The summed E-state index contributed by atoms with van der Waals surface area (Å²) < 4.78 is 5.43. The van der Waals surface area contributed by atoms with Crippen molar-refractivity contribution in [3.63, 3.8) is 0 Å². The first-order chi connectivity index (χ1) is 10.2. The van der Waals surface area contributed by atoms with Gasteiger partial charge in [0, 0.05) is 31.3 Å². The predicted molar refractivity (Wildman–Crippen MR) is 89.0 cm³/mol. The number of halogens is 1. The van der Waals surface area contributed by atoms with Crippen molar-refractivity contribution in [2.45, 2.75) is 38.3 Å². The van der Waals surface area contributed by atoms with Gasteiger partial charge >= 0.3 is 0 Å². The lowest BCUT2D eigenvalue weighted by atomic mass is 10.0. The lowest BCUT2D eigenvalue weighted by molar-refractivity contribution is 0.0401. The molecule has 0 amide bonds. The molecule has 0 bridgehead atoms. The second kappa shape index (κ2) is 8.74. The summed E-state index contributed by atoms with van der Waals surface area (Å²) in [5, 5.41) is 4.39. The molecule has 0 radical (unpaired) electrons. The maximum absolute atomic E-state index is 6.12. The molecule has 1 aromatic rings. The predicted octanol–water partition coefficient (Wildman–Crippen LogP) is 3.49. The maximum atomic E-state index is 6.12. The summed E-state index contributed by atoms with van der Waals surface area (Å²) >= 11 is 6.12. The average Bonchev–Trinajstić information content (AvgIpc) is 2.52. The van der Waals surface area contributed by atoms with E-state index in [2.05, 4.69) is 29.3 Å². The van der Waals surface area contributed by atoms with Gasteiger partial charge in [0.15, 0.2) is 0 Å². The number of hydrogen-bond acceptors (Lipinski definition) is 3. The van der Waals surface area contributed by atoms with Gasteiger partial charge in [-0.25, -0.2) is 0 Å². The zero-order valence-electron chi connectivity index (χ0n) is 13.1. The Hall–Kier alpha value is -0.610. The van der Waals surface area contributed by atoms with E-state index in [0.29, 0.717) is 12.1 Å². The fraction of sp³-hybridized carbons (Fsp3) is 0.647. The van der Waals surface area contributed by atoms with Crippen LogP contribution in [-0.4, -0.2) is 44.3 Å². The number of hydrogen-bond donors (Lipinski definition) is 1. The number of likely N-dealkylation sites (tertiary alicyclic amines) is 1. The van der Waals surface area contributed by atoms with E-state index in [-0.39, 0.29) is 0 Å². The third kappa shape index (κ3) is 5.26. The van der Waals surface area contributed by atoms with E-state index in [9.17, 15) is 0 Å². The summed E-state index contributed by atoms with van der Waals surface area (Å²) in [5.41, 5.74) is 1.29. The number of nitrogens with one attached hydrogen (secondary N) is 1. The van der Waals surface area contributed by atoms with Gasteiger partial charge in [0.1, 0.15) is 0 Å². The minimum Gasteiger partial charge on any atom is -0.381 e. The summed E-state index contributed by atoms with van der Waals surface area (Å²) in [4.78, 5) is 2.55. The van der Waals surface area contributed by atoms with Gasteiger partial charge < -0.3 is 15.0 Å². The van der Waals surface area contributed by atoms with E-state index >= 15 is 0 Å². The van der Waals surface area contributed by atoms with Crippen LogP contribution in [-0.2, 0) is 4.74 Å². The summed E-state index contributed by atoms with van der Waals surface area (Å²) in [5.74, 6) is 0. The highest BCUT2D eigenvalue weighted by atomic mass is 35.5. The third-order valence-corrected chi connectivity index (χ3v) is 4.54. The molecule has 1 aliphatic rings. The molecule has 0 spiro atoms. The molecule has 1 heterocycles. The van der Waals surface area contributed by atoms with E-state index in [4.69, 9.17) is 16.3 Å². The number of piperidine rings is 1. The van der Waals surface area contributed by atoms with E-state index in [1.54, 1.807) is 0 Å². The van der Waals surface area contributed by atoms with E-state index < -0.39 is 0 Å². The molecule has 118 valence electrons. The van der Waals surface area contributed by atoms with Gasteiger partial charge in [0.05, 0.1) is 6.10 Å². The average molecular weight is 311 g/mol. The number of benzene rings is 1. The van der Waals surface area contributed by atoms with Crippen LogP contribution in [0, 0.1) is 0 Å². The molecule has 4 heteroatoms. The molecule has 0 aromatic heterocycles. The number of methoxy groups -OCH3 is 1.